The van der Waals surface area contributed by atoms with E-state index in [1.165, 1.54) is 38.5 Å². The summed E-state index contributed by atoms with van der Waals surface area (Å²) in [7, 11) is 0. The van der Waals surface area contributed by atoms with E-state index in [0.29, 0.717) is 6.04 Å². The van der Waals surface area contributed by atoms with Gasteiger partial charge in [0.1, 0.15) is 0 Å². The summed E-state index contributed by atoms with van der Waals surface area (Å²) < 4.78 is 0. The maximum absolute atomic E-state index is 6.40. The molecule has 0 spiro atoms. The summed E-state index contributed by atoms with van der Waals surface area (Å²) in [5, 5.41) is 0. The van der Waals surface area contributed by atoms with Crippen molar-refractivity contribution in [2.75, 3.05) is 0 Å². The second-order valence-electron chi connectivity index (χ2n) is 5.81. The minimum absolute atomic E-state index is 0.491. The van der Waals surface area contributed by atoms with Crippen LogP contribution in [0.3, 0.4) is 0 Å². The van der Waals surface area contributed by atoms with Gasteiger partial charge in [-0.15, -0.1) is 0 Å². The van der Waals surface area contributed by atoms with E-state index >= 15 is 0 Å². The van der Waals surface area contributed by atoms with Crippen LogP contribution < -0.4 is 5.73 Å². The lowest BCUT2D eigenvalue weighted by molar-refractivity contribution is 0.201. The molecule has 1 nitrogen and oxygen atoms in total. The molecule has 14 heavy (non-hydrogen) atoms. The fraction of sp³-hybridized carbons (Fsp3) is 1.00. The molecule has 0 aromatic rings. The molecule has 2 rings (SSSR count). The minimum Gasteiger partial charge on any atom is -0.327 e. The van der Waals surface area contributed by atoms with Crippen molar-refractivity contribution in [3.63, 3.8) is 0 Å². The zero-order chi connectivity index (χ0) is 10.1. The van der Waals surface area contributed by atoms with Crippen molar-refractivity contribution < 1.29 is 0 Å². The van der Waals surface area contributed by atoms with Gasteiger partial charge in [-0.05, 0) is 49.4 Å². The average Bonchev–Trinajstić information content (AvgIpc) is 2.99. The average molecular weight is 195 g/mol. The van der Waals surface area contributed by atoms with Crippen molar-refractivity contribution in [3.8, 4) is 0 Å². The predicted molar refractivity (Wildman–Crippen MR) is 61.0 cm³/mol. The Hall–Kier alpha value is -0.0400. The molecule has 2 aliphatic rings. The highest BCUT2D eigenvalue weighted by Gasteiger charge is 2.36. The monoisotopic (exact) mass is 195 g/mol. The molecule has 2 saturated carbocycles. The third kappa shape index (κ3) is 2.31. The second-order valence-corrected chi connectivity index (χ2v) is 5.81. The fourth-order valence-corrected chi connectivity index (χ4v) is 3.20. The minimum atomic E-state index is 0.491. The second kappa shape index (κ2) is 4.22. The summed E-state index contributed by atoms with van der Waals surface area (Å²) in [6.07, 6.45) is 8.51. The Balaban J connectivity index is 1.85. The highest BCUT2D eigenvalue weighted by atomic mass is 14.7. The maximum atomic E-state index is 6.40. The van der Waals surface area contributed by atoms with Crippen LogP contribution in [0.1, 0.15) is 52.4 Å². The van der Waals surface area contributed by atoms with Crippen molar-refractivity contribution in [3.05, 3.63) is 0 Å². The molecule has 0 radical (unpaired) electrons. The van der Waals surface area contributed by atoms with Crippen LogP contribution in [0.15, 0.2) is 0 Å². The van der Waals surface area contributed by atoms with Gasteiger partial charge in [0, 0.05) is 6.04 Å². The van der Waals surface area contributed by atoms with E-state index in [-0.39, 0.29) is 0 Å². The van der Waals surface area contributed by atoms with Gasteiger partial charge in [0.2, 0.25) is 0 Å². The van der Waals surface area contributed by atoms with Crippen molar-refractivity contribution >= 4 is 0 Å². The smallest absolute Gasteiger partial charge is 0.00957 e. The third-order valence-electron chi connectivity index (χ3n) is 4.49. The number of hydrogen-bond donors (Lipinski definition) is 1. The molecule has 4 unspecified atom stereocenters. The Morgan fingerprint density at radius 2 is 1.79 bits per heavy atom. The van der Waals surface area contributed by atoms with Crippen LogP contribution in [0.4, 0.5) is 0 Å². The van der Waals surface area contributed by atoms with Gasteiger partial charge < -0.3 is 5.73 Å². The topological polar surface area (TPSA) is 26.0 Å². The maximum Gasteiger partial charge on any atom is 0.00957 e. The first kappa shape index (κ1) is 10.5. The number of nitrogens with two attached hydrogens (primary N) is 1. The summed E-state index contributed by atoms with van der Waals surface area (Å²) in [5.41, 5.74) is 6.40. The molecular weight excluding hydrogens is 170 g/mol. The summed E-state index contributed by atoms with van der Waals surface area (Å²) in [6.45, 7) is 4.77. The Labute approximate surface area is 88.4 Å². The van der Waals surface area contributed by atoms with Gasteiger partial charge in [0.15, 0.2) is 0 Å². The van der Waals surface area contributed by atoms with Crippen molar-refractivity contribution in [1.29, 1.82) is 0 Å². The van der Waals surface area contributed by atoms with E-state index in [9.17, 15) is 0 Å². The highest BCUT2D eigenvalue weighted by molar-refractivity contribution is 4.89. The lowest BCUT2D eigenvalue weighted by Crippen LogP contribution is -2.39. The Morgan fingerprint density at radius 1 is 1.07 bits per heavy atom. The van der Waals surface area contributed by atoms with Crippen LogP contribution in [0.25, 0.3) is 0 Å². The highest BCUT2D eigenvalue weighted by Crippen LogP contribution is 2.41. The van der Waals surface area contributed by atoms with Crippen LogP contribution in [0.2, 0.25) is 0 Å². The van der Waals surface area contributed by atoms with E-state index in [1.807, 2.05) is 0 Å². The first-order valence-corrected chi connectivity index (χ1v) is 6.44. The number of rotatable bonds is 3. The van der Waals surface area contributed by atoms with E-state index < -0.39 is 0 Å². The van der Waals surface area contributed by atoms with Crippen molar-refractivity contribution in [1.82, 2.24) is 0 Å². The molecular formula is C13H25N. The van der Waals surface area contributed by atoms with Gasteiger partial charge in [-0.3, -0.25) is 0 Å². The van der Waals surface area contributed by atoms with Gasteiger partial charge in [-0.1, -0.05) is 26.7 Å². The largest absolute Gasteiger partial charge is 0.327 e. The molecule has 0 aromatic heterocycles. The van der Waals surface area contributed by atoms with Crippen molar-refractivity contribution in [2.24, 2.45) is 29.4 Å². The first-order chi connectivity index (χ1) is 6.68. The van der Waals surface area contributed by atoms with Crippen LogP contribution >= 0.6 is 0 Å². The molecule has 0 aromatic carbocycles. The number of hydrogen-bond acceptors (Lipinski definition) is 1. The summed E-state index contributed by atoms with van der Waals surface area (Å²) in [5.74, 6) is 3.51. The Kier molecular flexibility index (Phi) is 3.16. The molecule has 0 aliphatic heterocycles. The van der Waals surface area contributed by atoms with Gasteiger partial charge in [0.05, 0.1) is 0 Å². The Morgan fingerprint density at radius 3 is 2.36 bits per heavy atom. The standard InChI is InChI=1S/C13H25N/c1-9-4-3-5-12(8-9)13(14)10(2)11-6-7-11/h9-13H,3-8,14H2,1-2H3. The molecule has 1 heteroatoms. The SMILES string of the molecule is CC1CCCC(C(N)C(C)C2CC2)C1. The summed E-state index contributed by atoms with van der Waals surface area (Å²) in [4.78, 5) is 0. The molecule has 82 valence electrons. The molecule has 2 N–H and O–H groups in total. The lowest BCUT2D eigenvalue weighted by Gasteiger charge is -2.34. The molecule has 4 atom stereocenters. The zero-order valence-corrected chi connectivity index (χ0v) is 9.71. The predicted octanol–water partition coefficient (Wildman–Crippen LogP) is 3.19. The first-order valence-electron chi connectivity index (χ1n) is 6.44. The Bertz CT molecular complexity index is 186. The fourth-order valence-electron chi connectivity index (χ4n) is 3.20. The third-order valence-corrected chi connectivity index (χ3v) is 4.49. The molecule has 0 saturated heterocycles. The normalized spacial score (nSPS) is 37.9. The van der Waals surface area contributed by atoms with Crippen LogP contribution in [-0.2, 0) is 0 Å². The van der Waals surface area contributed by atoms with E-state index in [0.717, 1.165) is 23.7 Å². The van der Waals surface area contributed by atoms with Crippen LogP contribution in [0, 0.1) is 23.7 Å². The van der Waals surface area contributed by atoms with Crippen molar-refractivity contribution in [2.45, 2.75) is 58.4 Å². The molecule has 0 bridgehead atoms. The summed E-state index contributed by atoms with van der Waals surface area (Å²) >= 11 is 0. The van der Waals surface area contributed by atoms with Crippen LogP contribution in [-0.4, -0.2) is 6.04 Å². The van der Waals surface area contributed by atoms with Crippen LogP contribution in [0.5, 0.6) is 0 Å². The molecule has 2 fully saturated rings. The van der Waals surface area contributed by atoms with E-state index in [2.05, 4.69) is 13.8 Å². The molecule has 2 aliphatic carbocycles. The van der Waals surface area contributed by atoms with Gasteiger partial charge in [0.25, 0.3) is 0 Å². The van der Waals surface area contributed by atoms with Gasteiger partial charge in [-0.2, -0.15) is 0 Å². The summed E-state index contributed by atoms with van der Waals surface area (Å²) in [6, 6.07) is 0.491. The van der Waals surface area contributed by atoms with E-state index in [1.54, 1.807) is 0 Å². The van der Waals surface area contributed by atoms with E-state index in [4.69, 9.17) is 5.73 Å². The molecule has 0 amide bonds. The lowest BCUT2D eigenvalue weighted by atomic mass is 9.75. The zero-order valence-electron chi connectivity index (χ0n) is 9.71. The molecule has 0 heterocycles. The quantitative estimate of drug-likeness (QED) is 0.735. The van der Waals surface area contributed by atoms with Gasteiger partial charge in [-0.25, -0.2) is 0 Å². The van der Waals surface area contributed by atoms with Gasteiger partial charge >= 0.3 is 0 Å².